The van der Waals surface area contributed by atoms with E-state index >= 15 is 0 Å². The molecule has 0 aliphatic carbocycles. The molecular formula is C26H27ClFN5O3. The molecule has 36 heavy (non-hydrogen) atoms. The van der Waals surface area contributed by atoms with Gasteiger partial charge in [-0.3, -0.25) is 9.69 Å². The summed E-state index contributed by atoms with van der Waals surface area (Å²) in [6, 6.07) is 8.52. The van der Waals surface area contributed by atoms with Crippen LogP contribution in [0.25, 0.3) is 10.9 Å². The molecule has 2 aromatic carbocycles. The van der Waals surface area contributed by atoms with E-state index in [0.29, 0.717) is 52.5 Å². The number of rotatable bonds is 7. The smallest absolute Gasteiger partial charge is 0.248 e. The van der Waals surface area contributed by atoms with Crippen molar-refractivity contribution in [2.24, 2.45) is 0 Å². The van der Waals surface area contributed by atoms with Crippen LogP contribution >= 0.6 is 11.6 Å². The lowest BCUT2D eigenvalue weighted by Crippen LogP contribution is -2.44. The number of piperidine rings is 1. The third kappa shape index (κ3) is 5.13. The number of carbonyl (C=O) groups excluding carboxylic acids is 1. The summed E-state index contributed by atoms with van der Waals surface area (Å²) in [5, 5.41) is 16.6. The average Bonchev–Trinajstić information content (AvgIpc) is 3.09. The summed E-state index contributed by atoms with van der Waals surface area (Å²) in [6.07, 6.45) is 8.37. The molecule has 2 atom stereocenters. The van der Waals surface area contributed by atoms with Crippen LogP contribution in [0.2, 0.25) is 5.02 Å². The van der Waals surface area contributed by atoms with E-state index in [0.717, 1.165) is 25.7 Å². The number of nitrogens with zero attached hydrogens (tertiary/aromatic N) is 3. The topological polar surface area (TPSA) is 99.6 Å². The fourth-order valence-electron chi connectivity index (χ4n) is 5.16. The second-order valence-corrected chi connectivity index (χ2v) is 9.55. The van der Waals surface area contributed by atoms with Gasteiger partial charge >= 0.3 is 0 Å². The zero-order valence-corrected chi connectivity index (χ0v) is 20.5. The first-order chi connectivity index (χ1) is 17.4. The van der Waals surface area contributed by atoms with Crippen LogP contribution in [-0.2, 0) is 4.79 Å². The van der Waals surface area contributed by atoms with Crippen LogP contribution in [0, 0.1) is 5.82 Å². The Bertz CT molecular complexity index is 1310. The summed E-state index contributed by atoms with van der Waals surface area (Å²) in [4.78, 5) is 23.7. The number of anilines is 3. The van der Waals surface area contributed by atoms with Crippen molar-refractivity contribution in [3.63, 3.8) is 0 Å². The molecule has 2 aliphatic heterocycles. The van der Waals surface area contributed by atoms with Crippen molar-refractivity contribution in [3.8, 4) is 5.75 Å². The highest BCUT2D eigenvalue weighted by Gasteiger charge is 2.39. The highest BCUT2D eigenvalue weighted by molar-refractivity contribution is 6.31. The maximum Gasteiger partial charge on any atom is 0.248 e. The van der Waals surface area contributed by atoms with E-state index in [-0.39, 0.29) is 17.0 Å². The highest BCUT2D eigenvalue weighted by Crippen LogP contribution is 2.36. The fourth-order valence-corrected chi connectivity index (χ4v) is 5.34. The first-order valence-corrected chi connectivity index (χ1v) is 12.2. The fraction of sp³-hybridized carbons (Fsp3) is 0.346. The van der Waals surface area contributed by atoms with Crippen molar-refractivity contribution >= 4 is 45.6 Å². The predicted molar refractivity (Wildman–Crippen MR) is 137 cm³/mol. The van der Waals surface area contributed by atoms with E-state index in [2.05, 4.69) is 25.5 Å². The first kappa shape index (κ1) is 24.4. The summed E-state index contributed by atoms with van der Waals surface area (Å²) in [7, 11) is 1.52. The molecular weight excluding hydrogens is 485 g/mol. The number of ether oxygens (including phenoxy) is 1. The maximum absolute atomic E-state index is 13.5. The van der Waals surface area contributed by atoms with Crippen LogP contribution in [0.1, 0.15) is 25.7 Å². The third-order valence-electron chi connectivity index (χ3n) is 6.84. The van der Waals surface area contributed by atoms with Gasteiger partial charge in [0.2, 0.25) is 5.91 Å². The minimum absolute atomic E-state index is 0.00601. The number of fused-ring (bicyclic) bond motifs is 3. The summed E-state index contributed by atoms with van der Waals surface area (Å²) >= 11 is 5.90. The Kier molecular flexibility index (Phi) is 7.04. The molecule has 1 amide bonds. The maximum atomic E-state index is 13.5. The molecule has 3 N–H and O–H groups in total. The molecule has 188 valence electrons. The number of hydrogen-bond acceptors (Lipinski definition) is 7. The number of carbonyl (C=O) groups is 1. The largest absolute Gasteiger partial charge is 0.494 e. The highest BCUT2D eigenvalue weighted by atomic mass is 35.5. The Hall–Kier alpha value is -3.27. The van der Waals surface area contributed by atoms with Crippen molar-refractivity contribution in [2.45, 2.75) is 43.9 Å². The molecule has 2 fully saturated rings. The molecule has 0 radical (unpaired) electrons. The van der Waals surface area contributed by atoms with Gasteiger partial charge in [0.15, 0.2) is 0 Å². The Morgan fingerprint density at radius 1 is 1.25 bits per heavy atom. The molecule has 3 aromatic rings. The van der Waals surface area contributed by atoms with Gasteiger partial charge in [-0.15, -0.1) is 0 Å². The van der Waals surface area contributed by atoms with E-state index in [4.69, 9.17) is 16.3 Å². The molecule has 1 aromatic heterocycles. The number of aliphatic hydroxyl groups excluding tert-OH is 1. The number of benzene rings is 2. The Morgan fingerprint density at radius 2 is 2.03 bits per heavy atom. The van der Waals surface area contributed by atoms with Crippen LogP contribution in [0.3, 0.4) is 0 Å². The minimum atomic E-state index is -0.511. The van der Waals surface area contributed by atoms with Gasteiger partial charge in [-0.05, 0) is 49.9 Å². The second-order valence-electron chi connectivity index (χ2n) is 9.14. The summed E-state index contributed by atoms with van der Waals surface area (Å²) in [5.41, 5.74) is 1.63. The van der Waals surface area contributed by atoms with Crippen LogP contribution < -0.4 is 15.4 Å². The second kappa shape index (κ2) is 10.4. The molecule has 2 saturated heterocycles. The Labute approximate surface area is 213 Å². The molecule has 2 unspecified atom stereocenters. The molecule has 2 aliphatic rings. The lowest BCUT2D eigenvalue weighted by atomic mass is 10.00. The zero-order valence-electron chi connectivity index (χ0n) is 19.7. The van der Waals surface area contributed by atoms with E-state index in [1.165, 1.54) is 31.6 Å². The van der Waals surface area contributed by atoms with E-state index in [9.17, 15) is 14.3 Å². The summed E-state index contributed by atoms with van der Waals surface area (Å²) < 4.78 is 19.0. The monoisotopic (exact) mass is 511 g/mol. The predicted octanol–water partition coefficient (Wildman–Crippen LogP) is 4.66. The van der Waals surface area contributed by atoms with Crippen molar-refractivity contribution in [1.82, 2.24) is 14.9 Å². The standard InChI is InChI=1S/C26H27ClFN5O3/c1-36-24-13-22-19(26(30-14-29-22)31-15-4-7-21(28)20(27)9-15)12-23(24)32-25(35)3-2-8-33-16-5-6-17(33)11-18(34)10-16/h2-4,7,9,12-14,16-18,34H,5-6,8,10-11H2,1H3,(H,32,35)(H,29,30,31). The number of aliphatic hydroxyl groups is 1. The lowest BCUT2D eigenvalue weighted by Gasteiger charge is -2.36. The Morgan fingerprint density at radius 3 is 2.75 bits per heavy atom. The van der Waals surface area contributed by atoms with Crippen molar-refractivity contribution in [2.75, 3.05) is 24.3 Å². The minimum Gasteiger partial charge on any atom is -0.494 e. The average molecular weight is 512 g/mol. The number of amides is 1. The lowest BCUT2D eigenvalue weighted by molar-refractivity contribution is -0.112. The van der Waals surface area contributed by atoms with Crippen LogP contribution in [-0.4, -0.2) is 57.7 Å². The molecule has 0 spiro atoms. The SMILES string of the molecule is COc1cc2ncnc(Nc3ccc(F)c(Cl)c3)c2cc1NC(=O)C=CCN1C2CCC1CC(O)C2. The summed E-state index contributed by atoms with van der Waals surface area (Å²) in [6.45, 7) is 0.673. The molecule has 3 heterocycles. The molecule has 10 heteroatoms. The number of methoxy groups -OCH3 is 1. The van der Waals surface area contributed by atoms with E-state index < -0.39 is 5.82 Å². The van der Waals surface area contributed by atoms with Gasteiger partial charge in [0.1, 0.15) is 23.7 Å². The number of nitrogens with one attached hydrogen (secondary N) is 2. The van der Waals surface area contributed by atoms with Crippen LogP contribution in [0.15, 0.2) is 48.8 Å². The van der Waals surface area contributed by atoms with Gasteiger partial charge in [-0.1, -0.05) is 17.7 Å². The molecule has 5 rings (SSSR count). The van der Waals surface area contributed by atoms with Crippen molar-refractivity contribution in [1.29, 1.82) is 0 Å². The van der Waals surface area contributed by atoms with Crippen LogP contribution in [0.5, 0.6) is 5.75 Å². The molecule has 2 bridgehead atoms. The Balaban J connectivity index is 1.33. The normalized spacial score (nSPS) is 21.7. The number of hydrogen-bond donors (Lipinski definition) is 3. The zero-order chi connectivity index (χ0) is 25.2. The van der Waals surface area contributed by atoms with Gasteiger partial charge in [0.05, 0.1) is 29.4 Å². The molecule has 8 nitrogen and oxygen atoms in total. The van der Waals surface area contributed by atoms with Gasteiger partial charge in [0.25, 0.3) is 0 Å². The third-order valence-corrected chi connectivity index (χ3v) is 7.13. The van der Waals surface area contributed by atoms with Gasteiger partial charge in [-0.25, -0.2) is 14.4 Å². The molecule has 0 saturated carbocycles. The van der Waals surface area contributed by atoms with Gasteiger partial charge in [-0.2, -0.15) is 0 Å². The van der Waals surface area contributed by atoms with Crippen LogP contribution in [0.4, 0.5) is 21.6 Å². The van der Waals surface area contributed by atoms with Crippen molar-refractivity contribution < 1.29 is 19.0 Å². The number of aromatic nitrogens is 2. The number of halogens is 2. The van der Waals surface area contributed by atoms with E-state index in [1.54, 1.807) is 18.2 Å². The first-order valence-electron chi connectivity index (χ1n) is 11.9. The van der Waals surface area contributed by atoms with Gasteiger partial charge in [0, 0.05) is 41.8 Å². The van der Waals surface area contributed by atoms with Crippen molar-refractivity contribution in [3.05, 3.63) is 59.7 Å². The van der Waals surface area contributed by atoms with Gasteiger partial charge < -0.3 is 20.5 Å². The summed E-state index contributed by atoms with van der Waals surface area (Å²) in [5.74, 6) is 0.137. The quantitative estimate of drug-likeness (QED) is 0.397. The van der Waals surface area contributed by atoms with E-state index in [1.807, 2.05) is 6.08 Å².